The lowest BCUT2D eigenvalue weighted by atomic mass is 10.1. The Kier molecular flexibility index (Phi) is 10.3. The van der Waals surface area contributed by atoms with E-state index in [9.17, 15) is 5.11 Å². The number of ether oxygens (including phenoxy) is 3. The molecular formula is C28H39N3O4. The first kappa shape index (κ1) is 26.9. The van der Waals surface area contributed by atoms with Gasteiger partial charge in [0.1, 0.15) is 5.75 Å². The van der Waals surface area contributed by atoms with Crippen molar-refractivity contribution in [1.82, 2.24) is 14.7 Å². The fourth-order valence-corrected chi connectivity index (χ4v) is 3.82. The summed E-state index contributed by atoms with van der Waals surface area (Å²) in [5.74, 6) is 1.44. The van der Waals surface area contributed by atoms with Crippen LogP contribution in [-0.4, -0.2) is 65.4 Å². The summed E-state index contributed by atoms with van der Waals surface area (Å²) in [5.41, 5.74) is 4.08. The number of nitrogens with zero attached hydrogens (tertiary/aromatic N) is 3. The minimum absolute atomic E-state index is 0.0717. The van der Waals surface area contributed by atoms with Crippen LogP contribution in [-0.2, 0) is 22.4 Å². The molecule has 7 nitrogen and oxygen atoms in total. The molecular weight excluding hydrogens is 442 g/mol. The average Bonchev–Trinajstić information content (AvgIpc) is 3.20. The van der Waals surface area contributed by atoms with Crippen molar-refractivity contribution in [2.75, 3.05) is 33.4 Å². The molecule has 0 saturated carbocycles. The maximum absolute atomic E-state index is 10.6. The van der Waals surface area contributed by atoms with Crippen LogP contribution in [0, 0.1) is 6.92 Å². The van der Waals surface area contributed by atoms with Crippen molar-refractivity contribution in [3.05, 3.63) is 71.4 Å². The Hall–Kier alpha value is -2.71. The first-order valence-corrected chi connectivity index (χ1v) is 12.3. The van der Waals surface area contributed by atoms with Crippen LogP contribution in [0.25, 0.3) is 5.69 Å². The Balaban J connectivity index is 1.96. The van der Waals surface area contributed by atoms with E-state index in [1.54, 1.807) is 7.11 Å². The van der Waals surface area contributed by atoms with Gasteiger partial charge in [0.15, 0.2) is 0 Å². The molecule has 0 aliphatic rings. The lowest BCUT2D eigenvalue weighted by Gasteiger charge is -2.25. The number of aliphatic hydroxyl groups is 1. The molecule has 0 spiro atoms. The van der Waals surface area contributed by atoms with E-state index in [2.05, 4.69) is 18.7 Å². The van der Waals surface area contributed by atoms with E-state index in [0.29, 0.717) is 32.1 Å². The topological polar surface area (TPSA) is 69.0 Å². The lowest BCUT2D eigenvalue weighted by Crippen LogP contribution is -2.37. The van der Waals surface area contributed by atoms with E-state index in [4.69, 9.17) is 19.3 Å². The largest absolute Gasteiger partial charge is 0.439 e. The Bertz CT molecular complexity index is 1020. The highest BCUT2D eigenvalue weighted by atomic mass is 16.5. The predicted molar refractivity (Wildman–Crippen MR) is 138 cm³/mol. The van der Waals surface area contributed by atoms with Gasteiger partial charge in [-0.15, -0.1) is 0 Å². The van der Waals surface area contributed by atoms with Crippen molar-refractivity contribution < 1.29 is 19.3 Å². The number of aliphatic hydroxyl groups excluding tert-OH is 1. The molecule has 190 valence electrons. The van der Waals surface area contributed by atoms with E-state index in [1.807, 2.05) is 73.1 Å². The number of hydrogen-bond donors (Lipinski definition) is 1. The molecule has 0 radical (unpaired) electrons. The van der Waals surface area contributed by atoms with Gasteiger partial charge in [-0.25, -0.2) is 4.68 Å². The van der Waals surface area contributed by atoms with Crippen LogP contribution in [0.3, 0.4) is 0 Å². The summed E-state index contributed by atoms with van der Waals surface area (Å²) in [6, 6.07) is 18.0. The zero-order valence-corrected chi connectivity index (χ0v) is 21.6. The molecule has 0 bridgehead atoms. The summed E-state index contributed by atoms with van der Waals surface area (Å²) in [5, 5.41) is 15.6. The number of rotatable bonds is 14. The van der Waals surface area contributed by atoms with Crippen LogP contribution in [0.2, 0.25) is 0 Å². The predicted octanol–water partition coefficient (Wildman–Crippen LogP) is 4.77. The van der Waals surface area contributed by atoms with Crippen LogP contribution in [0.15, 0.2) is 54.6 Å². The maximum Gasteiger partial charge on any atom is 0.227 e. The molecule has 0 amide bonds. The molecule has 1 heterocycles. The van der Waals surface area contributed by atoms with Crippen molar-refractivity contribution in [3.63, 3.8) is 0 Å². The third-order valence-corrected chi connectivity index (χ3v) is 5.68. The molecule has 1 unspecified atom stereocenters. The van der Waals surface area contributed by atoms with Crippen LogP contribution in [0.4, 0.5) is 0 Å². The first-order chi connectivity index (χ1) is 16.9. The number of hydrogen-bond acceptors (Lipinski definition) is 6. The third kappa shape index (κ3) is 7.90. The van der Waals surface area contributed by atoms with Crippen molar-refractivity contribution in [3.8, 4) is 17.3 Å². The summed E-state index contributed by atoms with van der Waals surface area (Å²) >= 11 is 0. The number of aryl methyl sites for hydroxylation is 2. The smallest absolute Gasteiger partial charge is 0.227 e. The summed E-state index contributed by atoms with van der Waals surface area (Å²) in [7, 11) is 1.69. The van der Waals surface area contributed by atoms with Crippen LogP contribution in [0.5, 0.6) is 11.6 Å². The zero-order chi connectivity index (χ0) is 25.2. The molecule has 0 saturated heterocycles. The van der Waals surface area contributed by atoms with Gasteiger partial charge < -0.3 is 19.3 Å². The van der Waals surface area contributed by atoms with E-state index in [1.165, 1.54) is 5.56 Å². The molecule has 1 atom stereocenters. The van der Waals surface area contributed by atoms with Crippen LogP contribution < -0.4 is 4.74 Å². The highest BCUT2D eigenvalue weighted by Crippen LogP contribution is 2.32. The van der Waals surface area contributed by atoms with E-state index in [-0.39, 0.29) is 12.7 Å². The Labute approximate surface area is 209 Å². The van der Waals surface area contributed by atoms with Crippen LogP contribution in [0.1, 0.15) is 37.6 Å². The van der Waals surface area contributed by atoms with E-state index >= 15 is 0 Å². The van der Waals surface area contributed by atoms with E-state index in [0.717, 1.165) is 29.1 Å². The molecule has 3 rings (SSSR count). The van der Waals surface area contributed by atoms with Crippen molar-refractivity contribution in [1.29, 1.82) is 0 Å². The standard InChI is InChI=1S/C28H39N3O4/c1-6-27-26(19-30(16-17-33-5)18-24(32)20-34-21(2)3)28(35-25-14-12-22(4)13-15-25)31(29-27)23-10-8-7-9-11-23/h7-15,21,24,32H,6,16-20H2,1-5H3. The molecule has 3 aromatic rings. The van der Waals surface area contributed by atoms with Gasteiger partial charge >= 0.3 is 0 Å². The quantitative estimate of drug-likeness (QED) is 0.358. The molecule has 0 fully saturated rings. The zero-order valence-electron chi connectivity index (χ0n) is 21.6. The third-order valence-electron chi connectivity index (χ3n) is 5.68. The summed E-state index contributed by atoms with van der Waals surface area (Å²) in [6.45, 7) is 10.6. The number of methoxy groups -OCH3 is 1. The van der Waals surface area contributed by atoms with Gasteiger partial charge in [0, 0.05) is 26.7 Å². The fraction of sp³-hybridized carbons (Fsp3) is 0.464. The highest BCUT2D eigenvalue weighted by Gasteiger charge is 2.24. The van der Waals surface area contributed by atoms with Crippen molar-refractivity contribution in [2.45, 2.75) is 52.9 Å². The van der Waals surface area contributed by atoms with Gasteiger partial charge in [0.05, 0.1) is 42.4 Å². The van der Waals surface area contributed by atoms with Gasteiger partial charge in [-0.2, -0.15) is 5.10 Å². The SMILES string of the molecule is CCc1nn(-c2ccccc2)c(Oc2ccc(C)cc2)c1CN(CCOC)CC(O)COC(C)C. The molecule has 1 aromatic heterocycles. The fourth-order valence-electron chi connectivity index (χ4n) is 3.82. The molecule has 7 heteroatoms. The van der Waals surface area contributed by atoms with E-state index < -0.39 is 6.10 Å². The van der Waals surface area contributed by atoms with Gasteiger partial charge in [0.2, 0.25) is 5.88 Å². The molecule has 0 aliphatic heterocycles. The second-order valence-electron chi connectivity index (χ2n) is 9.01. The summed E-state index contributed by atoms with van der Waals surface area (Å²) in [4.78, 5) is 2.17. The Morgan fingerprint density at radius 1 is 1.06 bits per heavy atom. The second kappa shape index (κ2) is 13.4. The number of aromatic nitrogens is 2. The van der Waals surface area contributed by atoms with Gasteiger partial charge in [-0.3, -0.25) is 4.90 Å². The first-order valence-electron chi connectivity index (χ1n) is 12.3. The molecule has 35 heavy (non-hydrogen) atoms. The Morgan fingerprint density at radius 2 is 1.77 bits per heavy atom. The minimum atomic E-state index is -0.607. The van der Waals surface area contributed by atoms with Crippen LogP contribution >= 0.6 is 0 Å². The number of benzene rings is 2. The second-order valence-corrected chi connectivity index (χ2v) is 9.01. The Morgan fingerprint density at radius 3 is 2.40 bits per heavy atom. The molecule has 1 N–H and O–H groups in total. The average molecular weight is 482 g/mol. The summed E-state index contributed by atoms with van der Waals surface area (Å²) < 4.78 is 19.3. The molecule has 0 aliphatic carbocycles. The minimum Gasteiger partial charge on any atom is -0.439 e. The molecule has 2 aromatic carbocycles. The lowest BCUT2D eigenvalue weighted by molar-refractivity contribution is -0.0122. The van der Waals surface area contributed by atoms with Gasteiger partial charge in [-0.05, 0) is 51.5 Å². The van der Waals surface area contributed by atoms with Crippen molar-refractivity contribution >= 4 is 0 Å². The van der Waals surface area contributed by atoms with Gasteiger partial charge in [0.25, 0.3) is 0 Å². The van der Waals surface area contributed by atoms with Gasteiger partial charge in [-0.1, -0.05) is 42.8 Å². The number of para-hydroxylation sites is 1. The highest BCUT2D eigenvalue weighted by molar-refractivity contribution is 5.44. The maximum atomic E-state index is 10.6. The monoisotopic (exact) mass is 481 g/mol. The van der Waals surface area contributed by atoms with Crippen molar-refractivity contribution in [2.24, 2.45) is 0 Å². The summed E-state index contributed by atoms with van der Waals surface area (Å²) in [6.07, 6.45) is 0.226. The normalized spacial score (nSPS) is 12.5.